The van der Waals surface area contributed by atoms with Gasteiger partial charge in [-0.25, -0.2) is 0 Å². The molecule has 2 heteroatoms. The summed E-state index contributed by atoms with van der Waals surface area (Å²) in [6.07, 6.45) is 9.52. The fourth-order valence-corrected chi connectivity index (χ4v) is 2.09. The number of allylic oxidation sites excluding steroid dienone is 2. The van der Waals surface area contributed by atoms with E-state index in [9.17, 15) is 4.79 Å². The van der Waals surface area contributed by atoms with Gasteiger partial charge >= 0.3 is 0 Å². The number of unbranched alkanes of at least 4 members (excludes halogenated alkanes) is 2. The standard InChI is InChI=1S/C13H21NO/c1-3-4-5-6-8-12(2)14-10-7-9-13(14)11-15/h3,11,13H,1-2,4-10H2. The van der Waals surface area contributed by atoms with Crippen LogP contribution < -0.4 is 0 Å². The Labute approximate surface area is 92.7 Å². The second-order valence-electron chi connectivity index (χ2n) is 4.14. The normalized spacial score (nSPS) is 20.3. The second-order valence-corrected chi connectivity index (χ2v) is 4.14. The summed E-state index contributed by atoms with van der Waals surface area (Å²) in [5.74, 6) is 0. The van der Waals surface area contributed by atoms with E-state index in [1.165, 1.54) is 6.42 Å². The van der Waals surface area contributed by atoms with E-state index in [-0.39, 0.29) is 6.04 Å². The Bertz CT molecular complexity index is 235. The molecular weight excluding hydrogens is 186 g/mol. The molecule has 0 aromatic rings. The molecule has 0 aromatic carbocycles. The predicted octanol–water partition coefficient (Wildman–Crippen LogP) is 2.91. The minimum atomic E-state index is 0.0944. The number of carbonyl (C=O) groups is 1. The van der Waals surface area contributed by atoms with Crippen LogP contribution in [-0.2, 0) is 4.79 Å². The highest BCUT2D eigenvalue weighted by Gasteiger charge is 2.24. The van der Waals surface area contributed by atoms with Gasteiger partial charge in [0, 0.05) is 12.2 Å². The molecule has 1 saturated heterocycles. The Balaban J connectivity index is 2.26. The third-order valence-corrected chi connectivity index (χ3v) is 2.99. The van der Waals surface area contributed by atoms with Gasteiger partial charge in [0.05, 0.1) is 6.04 Å². The maximum absolute atomic E-state index is 10.8. The van der Waals surface area contributed by atoms with Crippen LogP contribution in [-0.4, -0.2) is 23.8 Å². The zero-order valence-corrected chi connectivity index (χ0v) is 9.45. The molecule has 1 heterocycles. The van der Waals surface area contributed by atoms with Crippen molar-refractivity contribution in [3.63, 3.8) is 0 Å². The summed E-state index contributed by atoms with van der Waals surface area (Å²) < 4.78 is 0. The summed E-state index contributed by atoms with van der Waals surface area (Å²) in [4.78, 5) is 13.0. The summed E-state index contributed by atoms with van der Waals surface area (Å²) in [6.45, 7) is 8.78. The first-order valence-corrected chi connectivity index (χ1v) is 5.80. The minimum Gasteiger partial charge on any atom is -0.366 e. The molecule has 0 saturated carbocycles. The minimum absolute atomic E-state index is 0.0944. The third kappa shape index (κ3) is 3.54. The van der Waals surface area contributed by atoms with E-state index >= 15 is 0 Å². The molecule has 2 nitrogen and oxygen atoms in total. The van der Waals surface area contributed by atoms with Crippen LogP contribution >= 0.6 is 0 Å². The highest BCUT2D eigenvalue weighted by Crippen LogP contribution is 2.23. The van der Waals surface area contributed by atoms with Gasteiger partial charge in [0.25, 0.3) is 0 Å². The molecule has 1 aliphatic rings. The Morgan fingerprint density at radius 3 is 2.93 bits per heavy atom. The molecule has 1 unspecified atom stereocenters. The monoisotopic (exact) mass is 207 g/mol. The van der Waals surface area contributed by atoms with E-state index in [0.717, 1.165) is 50.6 Å². The third-order valence-electron chi connectivity index (χ3n) is 2.99. The Morgan fingerprint density at radius 2 is 2.27 bits per heavy atom. The number of hydrogen-bond acceptors (Lipinski definition) is 2. The van der Waals surface area contributed by atoms with Gasteiger partial charge in [-0.2, -0.15) is 0 Å². The van der Waals surface area contributed by atoms with Crippen LogP contribution in [0.2, 0.25) is 0 Å². The van der Waals surface area contributed by atoms with Gasteiger partial charge in [0.15, 0.2) is 0 Å². The van der Waals surface area contributed by atoms with E-state index in [1.807, 2.05) is 6.08 Å². The molecule has 1 aliphatic heterocycles. The van der Waals surface area contributed by atoms with Gasteiger partial charge in [0.1, 0.15) is 6.29 Å². The molecule has 0 bridgehead atoms. The van der Waals surface area contributed by atoms with Crippen LogP contribution in [0.1, 0.15) is 38.5 Å². The van der Waals surface area contributed by atoms with Crippen LogP contribution in [0.4, 0.5) is 0 Å². The van der Waals surface area contributed by atoms with Crippen molar-refractivity contribution in [2.75, 3.05) is 6.54 Å². The quantitative estimate of drug-likeness (QED) is 0.363. The number of rotatable bonds is 7. The molecular formula is C13H21NO. The first kappa shape index (κ1) is 12.0. The molecule has 0 amide bonds. The molecule has 0 aromatic heterocycles. The molecule has 1 fully saturated rings. The molecule has 1 atom stereocenters. The van der Waals surface area contributed by atoms with Gasteiger partial charge in [-0.15, -0.1) is 6.58 Å². The van der Waals surface area contributed by atoms with Crippen molar-refractivity contribution in [2.24, 2.45) is 0 Å². The first-order chi connectivity index (χ1) is 7.29. The molecule has 84 valence electrons. The molecule has 0 N–H and O–H groups in total. The van der Waals surface area contributed by atoms with E-state index < -0.39 is 0 Å². The van der Waals surface area contributed by atoms with E-state index in [0.29, 0.717) is 0 Å². The lowest BCUT2D eigenvalue weighted by molar-refractivity contribution is -0.111. The second kappa shape index (κ2) is 6.44. The van der Waals surface area contributed by atoms with E-state index in [1.54, 1.807) is 0 Å². The first-order valence-electron chi connectivity index (χ1n) is 5.80. The number of carbonyl (C=O) groups excluding carboxylic acids is 1. The lowest BCUT2D eigenvalue weighted by Gasteiger charge is -2.24. The number of nitrogens with zero attached hydrogens (tertiary/aromatic N) is 1. The largest absolute Gasteiger partial charge is 0.366 e. The Morgan fingerprint density at radius 1 is 1.47 bits per heavy atom. The SMILES string of the molecule is C=CCCCCC(=C)N1CCCC1C=O. The van der Waals surface area contributed by atoms with Gasteiger partial charge in [-0.1, -0.05) is 12.7 Å². The number of likely N-dealkylation sites (tertiary alicyclic amines) is 1. The van der Waals surface area contributed by atoms with Crippen molar-refractivity contribution in [3.05, 3.63) is 24.9 Å². The van der Waals surface area contributed by atoms with Crippen LogP contribution in [0.25, 0.3) is 0 Å². The van der Waals surface area contributed by atoms with E-state index in [2.05, 4.69) is 18.1 Å². The van der Waals surface area contributed by atoms with Crippen molar-refractivity contribution in [2.45, 2.75) is 44.6 Å². The Kier molecular flexibility index (Phi) is 5.16. The lowest BCUT2D eigenvalue weighted by atomic mass is 10.1. The molecule has 0 aliphatic carbocycles. The lowest BCUT2D eigenvalue weighted by Crippen LogP contribution is -2.29. The van der Waals surface area contributed by atoms with Crippen LogP contribution in [0.3, 0.4) is 0 Å². The number of hydrogen-bond donors (Lipinski definition) is 0. The maximum atomic E-state index is 10.8. The zero-order valence-electron chi connectivity index (χ0n) is 9.45. The molecule has 1 rings (SSSR count). The van der Waals surface area contributed by atoms with Gasteiger partial charge < -0.3 is 9.69 Å². The van der Waals surface area contributed by atoms with Crippen molar-refractivity contribution in [3.8, 4) is 0 Å². The maximum Gasteiger partial charge on any atom is 0.142 e. The summed E-state index contributed by atoms with van der Waals surface area (Å²) in [6, 6.07) is 0.0944. The smallest absolute Gasteiger partial charge is 0.142 e. The van der Waals surface area contributed by atoms with Gasteiger partial charge in [0.2, 0.25) is 0 Å². The van der Waals surface area contributed by atoms with Crippen molar-refractivity contribution in [1.29, 1.82) is 0 Å². The highest BCUT2D eigenvalue weighted by atomic mass is 16.1. The number of aldehydes is 1. The van der Waals surface area contributed by atoms with E-state index in [4.69, 9.17) is 0 Å². The van der Waals surface area contributed by atoms with Gasteiger partial charge in [-0.3, -0.25) is 0 Å². The summed E-state index contributed by atoms with van der Waals surface area (Å²) >= 11 is 0. The summed E-state index contributed by atoms with van der Waals surface area (Å²) in [5.41, 5.74) is 1.13. The average Bonchev–Trinajstić information content (AvgIpc) is 2.72. The van der Waals surface area contributed by atoms with Crippen LogP contribution in [0.5, 0.6) is 0 Å². The van der Waals surface area contributed by atoms with Crippen LogP contribution in [0.15, 0.2) is 24.9 Å². The fourth-order valence-electron chi connectivity index (χ4n) is 2.09. The Hall–Kier alpha value is -1.05. The zero-order chi connectivity index (χ0) is 11.1. The molecule has 0 spiro atoms. The fraction of sp³-hybridized carbons (Fsp3) is 0.615. The predicted molar refractivity (Wildman–Crippen MR) is 63.6 cm³/mol. The van der Waals surface area contributed by atoms with Crippen molar-refractivity contribution < 1.29 is 4.79 Å². The highest BCUT2D eigenvalue weighted by molar-refractivity contribution is 5.58. The summed E-state index contributed by atoms with van der Waals surface area (Å²) in [5, 5.41) is 0. The van der Waals surface area contributed by atoms with Crippen molar-refractivity contribution >= 4 is 6.29 Å². The summed E-state index contributed by atoms with van der Waals surface area (Å²) in [7, 11) is 0. The average molecular weight is 207 g/mol. The molecule has 0 radical (unpaired) electrons. The van der Waals surface area contributed by atoms with Gasteiger partial charge in [-0.05, 0) is 38.5 Å². The topological polar surface area (TPSA) is 20.3 Å². The van der Waals surface area contributed by atoms with Crippen molar-refractivity contribution in [1.82, 2.24) is 4.90 Å². The molecule has 15 heavy (non-hydrogen) atoms. The van der Waals surface area contributed by atoms with Crippen LogP contribution in [0, 0.1) is 0 Å².